The number of benzene rings is 2. The highest BCUT2D eigenvalue weighted by Gasteiger charge is 2.24. The van der Waals surface area contributed by atoms with E-state index in [1.165, 1.54) is 24.3 Å². The van der Waals surface area contributed by atoms with Gasteiger partial charge < -0.3 is 15.2 Å². The van der Waals surface area contributed by atoms with Crippen molar-refractivity contribution >= 4 is 56.2 Å². The van der Waals surface area contributed by atoms with Gasteiger partial charge in [0.2, 0.25) is 0 Å². The lowest BCUT2D eigenvalue weighted by Crippen LogP contribution is -2.19. The number of carbonyl (C=O) groups excluding carboxylic acids is 1. The van der Waals surface area contributed by atoms with Gasteiger partial charge in [-0.1, -0.05) is 6.07 Å². The van der Waals surface area contributed by atoms with Crippen LogP contribution in [0.25, 0.3) is 6.08 Å². The molecule has 144 valence electrons. The predicted molar refractivity (Wildman–Crippen MR) is 111 cm³/mol. The van der Waals surface area contributed by atoms with E-state index in [0.717, 1.165) is 11.8 Å². The van der Waals surface area contributed by atoms with Crippen molar-refractivity contribution < 1.29 is 19.6 Å². The van der Waals surface area contributed by atoms with Crippen molar-refractivity contribution in [3.8, 4) is 11.5 Å². The molecular formula is C18H14BrN3O5S. The molecule has 3 rings (SSSR count). The van der Waals surface area contributed by atoms with E-state index in [0.29, 0.717) is 38.2 Å². The molecule has 2 aromatic rings. The number of nitrogens with one attached hydrogen (secondary N) is 1. The summed E-state index contributed by atoms with van der Waals surface area (Å²) in [6.45, 7) is 2.22. The largest absolute Gasteiger partial charge is 0.504 e. The van der Waals surface area contributed by atoms with Crippen molar-refractivity contribution in [1.29, 1.82) is 0 Å². The Balaban J connectivity index is 1.84. The minimum Gasteiger partial charge on any atom is -0.504 e. The highest BCUT2D eigenvalue weighted by molar-refractivity contribution is 9.10. The molecule has 1 amide bonds. The van der Waals surface area contributed by atoms with E-state index >= 15 is 0 Å². The van der Waals surface area contributed by atoms with Crippen molar-refractivity contribution in [3.63, 3.8) is 0 Å². The molecule has 0 aromatic heterocycles. The quantitative estimate of drug-likeness (QED) is 0.386. The zero-order valence-corrected chi connectivity index (χ0v) is 16.9. The third-order valence-corrected chi connectivity index (χ3v) is 5.14. The highest BCUT2D eigenvalue weighted by atomic mass is 79.9. The monoisotopic (exact) mass is 463 g/mol. The summed E-state index contributed by atoms with van der Waals surface area (Å²) in [5.74, 6) is 0.0505. The number of aromatic hydroxyl groups is 1. The number of hydrogen-bond donors (Lipinski definition) is 2. The van der Waals surface area contributed by atoms with E-state index in [-0.39, 0.29) is 17.3 Å². The Morgan fingerprint density at radius 3 is 2.82 bits per heavy atom. The van der Waals surface area contributed by atoms with Gasteiger partial charge in [-0.3, -0.25) is 14.9 Å². The molecular weight excluding hydrogens is 450 g/mol. The van der Waals surface area contributed by atoms with Gasteiger partial charge in [0.05, 0.1) is 26.6 Å². The molecule has 0 spiro atoms. The molecule has 0 atom stereocenters. The lowest BCUT2D eigenvalue weighted by atomic mass is 10.2. The summed E-state index contributed by atoms with van der Waals surface area (Å²) in [5.41, 5.74) is 1.09. The maximum Gasteiger partial charge on any atom is 0.270 e. The third kappa shape index (κ3) is 4.52. The number of nitro groups is 1. The fourth-order valence-electron chi connectivity index (χ4n) is 2.33. The van der Waals surface area contributed by atoms with Crippen LogP contribution in [-0.4, -0.2) is 27.7 Å². The molecule has 1 fully saturated rings. The number of hydrogen-bond acceptors (Lipinski definition) is 7. The highest BCUT2D eigenvalue weighted by Crippen LogP contribution is 2.34. The summed E-state index contributed by atoms with van der Waals surface area (Å²) in [7, 11) is 0. The fraction of sp³-hybridized carbons (Fsp3) is 0.111. The molecule has 0 radical (unpaired) electrons. The Kier molecular flexibility index (Phi) is 6.00. The van der Waals surface area contributed by atoms with Gasteiger partial charge in [-0.25, -0.2) is 4.99 Å². The first kappa shape index (κ1) is 19.9. The van der Waals surface area contributed by atoms with Crippen LogP contribution < -0.4 is 10.1 Å². The Morgan fingerprint density at radius 1 is 1.36 bits per heavy atom. The van der Waals surface area contributed by atoms with Crippen LogP contribution in [0.4, 0.5) is 11.4 Å². The minimum atomic E-state index is -0.497. The van der Waals surface area contributed by atoms with Gasteiger partial charge in [-0.2, -0.15) is 0 Å². The predicted octanol–water partition coefficient (Wildman–Crippen LogP) is 4.35. The molecule has 28 heavy (non-hydrogen) atoms. The number of amides is 1. The van der Waals surface area contributed by atoms with Crippen LogP contribution in [0.3, 0.4) is 0 Å². The van der Waals surface area contributed by atoms with E-state index in [2.05, 4.69) is 26.2 Å². The summed E-state index contributed by atoms with van der Waals surface area (Å²) < 4.78 is 5.79. The zero-order chi connectivity index (χ0) is 20.3. The number of amidine groups is 1. The second kappa shape index (κ2) is 8.44. The second-order valence-electron chi connectivity index (χ2n) is 5.53. The Hall–Kier alpha value is -2.85. The smallest absolute Gasteiger partial charge is 0.270 e. The van der Waals surface area contributed by atoms with Crippen molar-refractivity contribution in [2.24, 2.45) is 4.99 Å². The van der Waals surface area contributed by atoms with Gasteiger partial charge in [0.1, 0.15) is 0 Å². The van der Waals surface area contributed by atoms with Crippen molar-refractivity contribution in [3.05, 3.63) is 61.5 Å². The number of aliphatic imine (C=N–C) groups is 1. The molecule has 8 nitrogen and oxygen atoms in total. The summed E-state index contributed by atoms with van der Waals surface area (Å²) in [4.78, 5) is 27.3. The van der Waals surface area contributed by atoms with Crippen LogP contribution in [0.2, 0.25) is 0 Å². The Labute approximate surface area is 172 Å². The molecule has 0 unspecified atom stereocenters. The molecule has 1 heterocycles. The fourth-order valence-corrected chi connectivity index (χ4v) is 3.62. The Morgan fingerprint density at radius 2 is 2.14 bits per heavy atom. The van der Waals surface area contributed by atoms with Crippen LogP contribution in [-0.2, 0) is 4.79 Å². The first-order valence-electron chi connectivity index (χ1n) is 8.06. The number of non-ortho nitro benzene ring substituents is 1. The third-order valence-electron chi connectivity index (χ3n) is 3.60. The van der Waals surface area contributed by atoms with Gasteiger partial charge >= 0.3 is 0 Å². The average Bonchev–Trinajstić information content (AvgIpc) is 2.98. The number of carbonyl (C=O) groups is 1. The van der Waals surface area contributed by atoms with Crippen LogP contribution in [0.5, 0.6) is 11.5 Å². The number of ether oxygens (including phenoxy) is 1. The standard InChI is InChI=1S/C18H14BrN3O5S/c1-2-27-15-7-10(3-6-14(15)23)8-16-17(24)21-18(28-16)20-13-5-4-11(22(25)26)9-12(13)19/h3-9,23H,2H2,1H3,(H,20,21,24)/b16-8+. The molecule has 0 bridgehead atoms. The van der Waals surface area contributed by atoms with Gasteiger partial charge in [0, 0.05) is 12.1 Å². The van der Waals surface area contributed by atoms with E-state index in [1.54, 1.807) is 18.2 Å². The normalized spacial score (nSPS) is 16.4. The van der Waals surface area contributed by atoms with Gasteiger partial charge in [0.25, 0.3) is 11.6 Å². The molecule has 1 saturated heterocycles. The Bertz CT molecular complexity index is 1020. The second-order valence-corrected chi connectivity index (χ2v) is 7.42. The molecule has 2 N–H and O–H groups in total. The number of thioether (sulfide) groups is 1. The van der Waals surface area contributed by atoms with E-state index in [1.807, 2.05) is 6.92 Å². The van der Waals surface area contributed by atoms with Crippen LogP contribution in [0.15, 0.2) is 50.8 Å². The molecule has 1 aliphatic rings. The number of phenolic OH excluding ortho intramolecular Hbond substituents is 1. The van der Waals surface area contributed by atoms with Gasteiger partial charge in [-0.15, -0.1) is 0 Å². The van der Waals surface area contributed by atoms with E-state index in [4.69, 9.17) is 4.74 Å². The maximum absolute atomic E-state index is 12.2. The van der Waals surface area contributed by atoms with Gasteiger partial charge in [-0.05, 0) is 64.5 Å². The SMILES string of the molecule is CCOc1cc(/C=C2/SC(=Nc3ccc([N+](=O)[O-])cc3Br)NC2=O)ccc1O. The molecule has 10 heteroatoms. The lowest BCUT2D eigenvalue weighted by Gasteiger charge is -2.06. The number of nitro benzene ring substituents is 1. The average molecular weight is 464 g/mol. The molecule has 1 aliphatic heterocycles. The van der Waals surface area contributed by atoms with Crippen LogP contribution in [0, 0.1) is 10.1 Å². The van der Waals surface area contributed by atoms with Crippen molar-refractivity contribution in [2.45, 2.75) is 6.92 Å². The van der Waals surface area contributed by atoms with Crippen LogP contribution in [0.1, 0.15) is 12.5 Å². The van der Waals surface area contributed by atoms with Crippen LogP contribution >= 0.6 is 27.7 Å². The van der Waals surface area contributed by atoms with E-state index < -0.39 is 4.92 Å². The lowest BCUT2D eigenvalue weighted by molar-refractivity contribution is -0.384. The topological polar surface area (TPSA) is 114 Å². The first-order valence-corrected chi connectivity index (χ1v) is 9.67. The summed E-state index contributed by atoms with van der Waals surface area (Å²) in [6.07, 6.45) is 1.66. The van der Waals surface area contributed by atoms with E-state index in [9.17, 15) is 20.0 Å². The summed E-state index contributed by atoms with van der Waals surface area (Å²) in [5, 5.41) is 23.6. The maximum atomic E-state index is 12.2. The van der Waals surface area contributed by atoms with Crippen molar-refractivity contribution in [1.82, 2.24) is 5.32 Å². The number of nitrogens with zero attached hydrogens (tertiary/aromatic N) is 2. The number of phenols is 1. The zero-order valence-electron chi connectivity index (χ0n) is 14.5. The summed E-state index contributed by atoms with van der Waals surface area (Å²) in [6, 6.07) is 9.00. The minimum absolute atomic E-state index is 0.0257. The molecule has 0 aliphatic carbocycles. The van der Waals surface area contributed by atoms with Gasteiger partial charge in [0.15, 0.2) is 16.7 Å². The first-order chi connectivity index (χ1) is 13.4. The summed E-state index contributed by atoms with van der Waals surface area (Å²) >= 11 is 4.39. The molecule has 0 saturated carbocycles. The van der Waals surface area contributed by atoms with Crippen molar-refractivity contribution in [2.75, 3.05) is 6.61 Å². The molecule has 2 aromatic carbocycles. The number of rotatable bonds is 5. The number of halogens is 1.